The molecule has 1 fully saturated rings. The normalized spacial score (nSPS) is 15.0. The molecule has 65 heavy (non-hydrogen) atoms. The first-order valence-corrected chi connectivity index (χ1v) is 20.5. The predicted octanol–water partition coefficient (Wildman–Crippen LogP) is -2.81. The van der Waals surface area contributed by atoms with E-state index >= 15 is 0 Å². The zero-order valence-corrected chi connectivity index (χ0v) is 37.8. The van der Waals surface area contributed by atoms with Gasteiger partial charge in [-0.25, -0.2) is 9.97 Å². The number of aromatic amines is 1. The summed E-state index contributed by atoms with van der Waals surface area (Å²) in [6.45, 7) is 5.57. The zero-order chi connectivity index (χ0) is 46.2. The van der Waals surface area contributed by atoms with E-state index in [1.165, 1.54) is 18.3 Å². The van der Waals surface area contributed by atoms with Gasteiger partial charge in [0.2, 0.25) is 17.8 Å². The number of nitrogens with two attached hydrogens (primary N) is 1. The van der Waals surface area contributed by atoms with Crippen LogP contribution in [0.25, 0.3) is 11.2 Å². The second-order valence-corrected chi connectivity index (χ2v) is 15.0. The minimum Gasteiger partial charge on any atom is -0.549 e. The van der Waals surface area contributed by atoms with Crippen molar-refractivity contribution in [3.8, 4) is 0 Å². The van der Waals surface area contributed by atoms with E-state index in [9.17, 15) is 48.9 Å². The molecule has 1 saturated heterocycles. The summed E-state index contributed by atoms with van der Waals surface area (Å²) in [5.41, 5.74) is 7.17. The topological polar surface area (TPSA) is 327 Å². The van der Waals surface area contributed by atoms with Gasteiger partial charge in [0.1, 0.15) is 6.04 Å². The number of carbonyl (C=O) groups is 6. The molecule has 0 spiro atoms. The fourth-order valence-electron chi connectivity index (χ4n) is 6.77. The van der Waals surface area contributed by atoms with Gasteiger partial charge < -0.3 is 56.8 Å². The molecule has 2 aromatic heterocycles. The van der Waals surface area contributed by atoms with Gasteiger partial charge in [0.05, 0.1) is 36.9 Å². The molecule has 347 valence electrons. The van der Waals surface area contributed by atoms with Crippen molar-refractivity contribution in [1.29, 1.82) is 0 Å². The van der Waals surface area contributed by atoms with Gasteiger partial charge in [0, 0.05) is 94.5 Å². The number of carbonyl (C=O) groups excluding carboxylic acids is 5. The molecule has 3 heterocycles. The van der Waals surface area contributed by atoms with Gasteiger partial charge in [-0.15, -0.1) is 0 Å². The number of rotatable bonds is 18. The first kappa shape index (κ1) is 51.9. The van der Waals surface area contributed by atoms with E-state index < -0.39 is 47.7 Å². The van der Waals surface area contributed by atoms with Crippen molar-refractivity contribution >= 4 is 69.8 Å². The number of hydrogen-bond donors (Lipinski definition) is 7. The Hall–Kier alpha value is -5.76. The number of benzene rings is 2. The van der Waals surface area contributed by atoms with Crippen molar-refractivity contribution in [3.63, 3.8) is 0 Å². The van der Waals surface area contributed by atoms with E-state index in [1.807, 2.05) is 11.8 Å². The van der Waals surface area contributed by atoms with E-state index in [0.717, 1.165) is 0 Å². The van der Waals surface area contributed by atoms with E-state index in [1.54, 1.807) is 46.2 Å². The molecule has 4 aromatic rings. The van der Waals surface area contributed by atoms with Crippen LogP contribution in [0.4, 0.5) is 23.0 Å². The third-order valence-electron chi connectivity index (χ3n) is 10.3. The third-order valence-corrected chi connectivity index (χ3v) is 10.3. The van der Waals surface area contributed by atoms with Gasteiger partial charge >= 0.3 is 45.9 Å². The zero-order valence-electron chi connectivity index (χ0n) is 35.6. The van der Waals surface area contributed by atoms with Crippen molar-refractivity contribution in [2.75, 3.05) is 100 Å². The molecule has 23 nitrogen and oxygen atoms in total. The number of anilines is 4. The van der Waals surface area contributed by atoms with Crippen LogP contribution in [0.15, 0.2) is 59.5 Å². The fourth-order valence-corrected chi connectivity index (χ4v) is 6.77. The van der Waals surface area contributed by atoms with Crippen LogP contribution in [0, 0.1) is 39.9 Å². The Kier molecular flexibility index (Phi) is 20.5. The van der Waals surface area contributed by atoms with Gasteiger partial charge in [-0.05, 0) is 61.5 Å². The van der Waals surface area contributed by atoms with Crippen molar-refractivity contribution < 1.29 is 84.0 Å². The molecule has 1 aliphatic heterocycles. The number of nitrogen functional groups attached to an aromatic ring is 1. The number of carboxylic acids is 3. The molecule has 5 rings (SSSR count). The molecule has 1 radical (unpaired) electrons. The van der Waals surface area contributed by atoms with Crippen LogP contribution in [-0.4, -0.2) is 165 Å². The monoisotopic (exact) mass is 1040 g/mol. The second kappa shape index (κ2) is 25.7. The van der Waals surface area contributed by atoms with Crippen LogP contribution in [0.3, 0.4) is 0 Å². The maximum atomic E-state index is 13.4. The van der Waals surface area contributed by atoms with Crippen LogP contribution in [-0.2, 0) is 30.5 Å². The average Bonchev–Trinajstić information content (AvgIpc) is 3.24. The quantitative estimate of drug-likeness (QED) is 0.0529. The van der Waals surface area contributed by atoms with Crippen molar-refractivity contribution in [1.82, 2.24) is 44.9 Å². The number of nitrogens with zero attached hydrogens (tertiary/aromatic N) is 7. The van der Waals surface area contributed by atoms with Gasteiger partial charge in [0.15, 0.2) is 11.2 Å². The van der Waals surface area contributed by atoms with Gasteiger partial charge in [-0.3, -0.25) is 43.7 Å². The predicted molar refractivity (Wildman–Crippen MR) is 229 cm³/mol. The van der Waals surface area contributed by atoms with Crippen LogP contribution < -0.4 is 42.8 Å². The largest absolute Gasteiger partial charge is 3.00 e. The van der Waals surface area contributed by atoms with Gasteiger partial charge in [-0.2, -0.15) is 4.98 Å². The number of carboxylic acid groups (broad SMARTS) is 3. The minimum absolute atomic E-state index is 0. The van der Waals surface area contributed by atoms with Crippen LogP contribution in [0.2, 0.25) is 0 Å². The standard InChI is InChI=1S/C41H53N13O10.Gd/c1-2-51-13-15-52(17-18-54(25-35(60)61)20-19-53(16-14-51)24-34(58)59)23-32(55)45-28-7-9-29(10-8-28)47-39(63)31(11-12-33(56)57)48-38(62)26-3-5-27(6-4-26)43-21-30-22-44-37-36(46-30)40(64)50-41(42)49-37;/h3-10,22,31,43H,2,11-21,23-25H2,1H3,(H,45,55)(H,47,63)(H,48,62)(H,56,57)(H,58,59)(H,60,61)(H3,42,44,49,50,64);/q;+3/p-2/i;1-4. The van der Waals surface area contributed by atoms with Crippen LogP contribution in [0.5, 0.6) is 0 Å². The van der Waals surface area contributed by atoms with Crippen molar-refractivity contribution in [3.05, 3.63) is 76.3 Å². The Morgan fingerprint density at radius 2 is 1.29 bits per heavy atom. The summed E-state index contributed by atoms with van der Waals surface area (Å²) in [4.78, 5) is 108. The molecule has 3 amide bonds. The van der Waals surface area contributed by atoms with E-state index in [0.29, 0.717) is 75.1 Å². The molecule has 24 heteroatoms. The summed E-state index contributed by atoms with van der Waals surface area (Å²) >= 11 is 0. The molecule has 8 N–H and O–H groups in total. The molecular weight excluding hydrogens is 987 g/mol. The maximum Gasteiger partial charge on any atom is 3.00 e. The van der Waals surface area contributed by atoms with Crippen molar-refractivity contribution in [2.24, 2.45) is 0 Å². The number of likely N-dealkylation sites (N-methyl/N-ethyl adjacent to an activating group) is 1. The second-order valence-electron chi connectivity index (χ2n) is 15.0. The number of aromatic nitrogens is 4. The SMILES string of the molecule is CCN1CCN(CC(=O)[O-])CCN(CC(=O)[O-])CCN(CC(=O)Nc2ccc(NC(=O)C(CCC(=O)O)NC(=O)c3ccc(NCc4cnc5nc(N)[nH]c(=O)c5n4)cc3)cc2)CC1.[153Gd+3]. The molecule has 1 atom stereocenters. The van der Waals surface area contributed by atoms with Gasteiger partial charge in [-0.1, -0.05) is 6.92 Å². The number of amides is 3. The fraction of sp³-hybridized carbons (Fsp3) is 0.415. The number of hydrogen-bond acceptors (Lipinski definition) is 18. The molecule has 0 bridgehead atoms. The summed E-state index contributed by atoms with van der Waals surface area (Å²) < 4.78 is 0. The Morgan fingerprint density at radius 3 is 1.83 bits per heavy atom. The molecule has 1 aliphatic rings. The Labute approximate surface area is 405 Å². The van der Waals surface area contributed by atoms with Crippen molar-refractivity contribution in [2.45, 2.75) is 32.4 Å². The number of nitrogens with one attached hydrogen (secondary N) is 5. The summed E-state index contributed by atoms with van der Waals surface area (Å²) in [5.74, 6) is -5.32. The summed E-state index contributed by atoms with van der Waals surface area (Å²) in [7, 11) is 0. The number of H-pyrrole nitrogens is 1. The summed E-state index contributed by atoms with van der Waals surface area (Å²) in [6, 6.07) is 11.3. The Bertz CT molecular complexity index is 2340. The molecule has 1 unspecified atom stereocenters. The molecular formula is C41H51GdN13O10+. The summed E-state index contributed by atoms with van der Waals surface area (Å²) in [6.07, 6.45) is 0.852. The smallest absolute Gasteiger partial charge is 0.549 e. The molecule has 2 aromatic carbocycles. The first-order valence-electron chi connectivity index (χ1n) is 20.5. The molecule has 0 aliphatic carbocycles. The van der Waals surface area contributed by atoms with Crippen LogP contribution in [0.1, 0.15) is 35.8 Å². The van der Waals surface area contributed by atoms with E-state index in [4.69, 9.17) is 5.73 Å². The van der Waals surface area contributed by atoms with E-state index in [2.05, 4.69) is 46.1 Å². The molecule has 0 saturated carbocycles. The minimum atomic E-state index is -1.27. The third kappa shape index (κ3) is 17.3. The number of aliphatic carboxylic acids is 3. The van der Waals surface area contributed by atoms with Gasteiger partial charge in [0.25, 0.3) is 11.5 Å². The van der Waals surface area contributed by atoms with Crippen LogP contribution >= 0.6 is 0 Å². The maximum absolute atomic E-state index is 13.4. The first-order chi connectivity index (χ1) is 30.6. The Morgan fingerprint density at radius 1 is 0.769 bits per heavy atom. The number of fused-ring (bicyclic) bond motifs is 1. The Balaban J connectivity index is 0.00000925. The van der Waals surface area contributed by atoms with E-state index in [-0.39, 0.29) is 108 Å². The average molecular weight is 1040 g/mol. The summed E-state index contributed by atoms with van der Waals surface area (Å²) in [5, 5.41) is 43.4.